The molecule has 5 aliphatic rings. The first-order chi connectivity index (χ1) is 13.0. The second-order valence-corrected chi connectivity index (χ2v) is 10.7. The van der Waals surface area contributed by atoms with Crippen molar-refractivity contribution in [2.45, 2.75) is 103 Å². The molecule has 27 heavy (non-hydrogen) atoms. The molecule has 0 aromatic heterocycles. The SMILES string of the molecule is C[C@]12CC[C@H]3[C@@H](CC=C4C[C@@H](OC5CCCCO5)CC[C@@]43C)[C@@H]1CC[C@@H]2O. The summed E-state index contributed by atoms with van der Waals surface area (Å²) in [5.74, 6) is 2.33. The topological polar surface area (TPSA) is 38.7 Å². The number of ether oxygens (including phenoxy) is 2. The Hall–Kier alpha value is -0.380. The first kappa shape index (κ1) is 18.6. The standard InChI is InChI=1S/C24H38O3/c1-23-12-10-17(27-22-5-3-4-14-26-22)15-16(23)6-7-18-19-8-9-21(25)24(19,2)13-11-20(18)23/h6,17-22,25H,3-5,7-15H2,1-2H3/t17-,18-,19-,20-,21-,22?,23-,24-/m0/s1. The van der Waals surface area contributed by atoms with Crippen LogP contribution >= 0.6 is 0 Å². The van der Waals surface area contributed by atoms with Gasteiger partial charge in [0.15, 0.2) is 6.29 Å². The minimum absolute atomic E-state index is 0.0420. The molecule has 4 aliphatic carbocycles. The lowest BCUT2D eigenvalue weighted by molar-refractivity contribution is -0.195. The van der Waals surface area contributed by atoms with Gasteiger partial charge >= 0.3 is 0 Å². The van der Waals surface area contributed by atoms with Crippen LogP contribution in [0.4, 0.5) is 0 Å². The molecule has 3 saturated carbocycles. The number of aliphatic hydroxyl groups is 1. The highest BCUT2D eigenvalue weighted by Crippen LogP contribution is 2.64. The number of hydrogen-bond acceptors (Lipinski definition) is 3. The Labute approximate surface area is 164 Å². The summed E-state index contributed by atoms with van der Waals surface area (Å²) in [6.45, 7) is 5.80. The zero-order valence-corrected chi connectivity index (χ0v) is 17.3. The summed E-state index contributed by atoms with van der Waals surface area (Å²) in [5, 5.41) is 10.6. The van der Waals surface area contributed by atoms with Gasteiger partial charge in [-0.1, -0.05) is 25.5 Å². The van der Waals surface area contributed by atoms with Gasteiger partial charge in [0.1, 0.15) is 0 Å². The third-order valence-electron chi connectivity index (χ3n) is 9.49. The molecule has 3 heteroatoms. The van der Waals surface area contributed by atoms with E-state index in [4.69, 9.17) is 9.47 Å². The Morgan fingerprint density at radius 2 is 1.93 bits per heavy atom. The highest BCUT2D eigenvalue weighted by Gasteiger charge is 2.58. The molecule has 0 aromatic carbocycles. The normalized spacial score (nSPS) is 52.5. The quantitative estimate of drug-likeness (QED) is 0.673. The van der Waals surface area contributed by atoms with Crippen molar-refractivity contribution < 1.29 is 14.6 Å². The van der Waals surface area contributed by atoms with Crippen molar-refractivity contribution in [1.29, 1.82) is 0 Å². The fourth-order valence-electron chi connectivity index (χ4n) is 7.75. The first-order valence-corrected chi connectivity index (χ1v) is 11.7. The van der Waals surface area contributed by atoms with Crippen LogP contribution in [0.1, 0.15) is 84.5 Å². The molecule has 0 bridgehead atoms. The largest absolute Gasteiger partial charge is 0.393 e. The Bertz CT molecular complexity index is 594. The van der Waals surface area contributed by atoms with Crippen molar-refractivity contribution in [3.05, 3.63) is 11.6 Å². The van der Waals surface area contributed by atoms with Crippen LogP contribution < -0.4 is 0 Å². The maximum atomic E-state index is 10.6. The first-order valence-electron chi connectivity index (χ1n) is 11.7. The molecular weight excluding hydrogens is 336 g/mol. The monoisotopic (exact) mass is 374 g/mol. The van der Waals surface area contributed by atoms with E-state index in [1.54, 1.807) is 5.57 Å². The van der Waals surface area contributed by atoms with Gasteiger partial charge in [0.2, 0.25) is 0 Å². The average molecular weight is 375 g/mol. The van der Waals surface area contributed by atoms with Gasteiger partial charge in [0, 0.05) is 6.61 Å². The van der Waals surface area contributed by atoms with Crippen LogP contribution in [-0.4, -0.2) is 30.2 Å². The number of aliphatic hydroxyl groups excluding tert-OH is 1. The molecule has 3 nitrogen and oxygen atoms in total. The van der Waals surface area contributed by atoms with Crippen molar-refractivity contribution in [3.8, 4) is 0 Å². The maximum Gasteiger partial charge on any atom is 0.157 e. The lowest BCUT2D eigenvalue weighted by Crippen LogP contribution is -2.51. The van der Waals surface area contributed by atoms with E-state index in [2.05, 4.69) is 19.9 Å². The Kier molecular flexibility index (Phi) is 4.73. The van der Waals surface area contributed by atoms with Crippen LogP contribution in [0.2, 0.25) is 0 Å². The predicted molar refractivity (Wildman–Crippen MR) is 106 cm³/mol. The summed E-state index contributed by atoms with van der Waals surface area (Å²) < 4.78 is 12.2. The fraction of sp³-hybridized carbons (Fsp3) is 0.917. The van der Waals surface area contributed by atoms with Crippen LogP contribution in [0.3, 0.4) is 0 Å². The molecule has 0 radical (unpaired) electrons. The van der Waals surface area contributed by atoms with Crippen LogP contribution in [0.5, 0.6) is 0 Å². The number of rotatable bonds is 2. The number of hydrogen-bond donors (Lipinski definition) is 1. The Morgan fingerprint density at radius 1 is 1.04 bits per heavy atom. The Morgan fingerprint density at radius 3 is 2.74 bits per heavy atom. The summed E-state index contributed by atoms with van der Waals surface area (Å²) in [6, 6.07) is 0. The lowest BCUT2D eigenvalue weighted by Gasteiger charge is -2.57. The molecule has 5 rings (SSSR count). The van der Waals surface area contributed by atoms with Crippen LogP contribution in [-0.2, 0) is 9.47 Å². The molecule has 0 spiro atoms. The van der Waals surface area contributed by atoms with E-state index in [0.717, 1.165) is 43.6 Å². The summed E-state index contributed by atoms with van der Waals surface area (Å²) in [6.07, 6.45) is 16.0. The molecule has 1 aliphatic heterocycles. The highest BCUT2D eigenvalue weighted by atomic mass is 16.7. The molecule has 152 valence electrons. The van der Waals surface area contributed by atoms with Gasteiger partial charge in [-0.2, -0.15) is 0 Å². The Balaban J connectivity index is 1.32. The van der Waals surface area contributed by atoms with Gasteiger partial charge in [0.25, 0.3) is 0 Å². The highest BCUT2D eigenvalue weighted by molar-refractivity contribution is 5.25. The van der Waals surface area contributed by atoms with Gasteiger partial charge in [0.05, 0.1) is 12.2 Å². The van der Waals surface area contributed by atoms with Gasteiger partial charge in [-0.3, -0.25) is 0 Å². The number of fused-ring (bicyclic) bond motifs is 5. The van der Waals surface area contributed by atoms with Crippen LogP contribution in [0, 0.1) is 28.6 Å². The maximum absolute atomic E-state index is 10.6. The van der Waals surface area contributed by atoms with Crippen molar-refractivity contribution >= 4 is 0 Å². The predicted octanol–water partition coefficient (Wildman–Crippen LogP) is 5.22. The molecular formula is C24H38O3. The van der Waals surface area contributed by atoms with E-state index in [9.17, 15) is 5.11 Å². The van der Waals surface area contributed by atoms with E-state index < -0.39 is 0 Å². The van der Waals surface area contributed by atoms with Gasteiger partial charge in [-0.25, -0.2) is 0 Å². The van der Waals surface area contributed by atoms with Crippen molar-refractivity contribution in [3.63, 3.8) is 0 Å². The van der Waals surface area contributed by atoms with Gasteiger partial charge in [-0.05, 0) is 99.2 Å². The van der Waals surface area contributed by atoms with E-state index in [-0.39, 0.29) is 17.8 Å². The zero-order chi connectivity index (χ0) is 18.6. The molecule has 1 heterocycles. The molecule has 4 fully saturated rings. The molecule has 1 unspecified atom stereocenters. The van der Waals surface area contributed by atoms with E-state index in [1.165, 1.54) is 51.4 Å². The second kappa shape index (κ2) is 6.85. The molecule has 0 aromatic rings. The summed E-state index contributed by atoms with van der Waals surface area (Å²) in [7, 11) is 0. The lowest BCUT2D eigenvalue weighted by atomic mass is 9.48. The minimum Gasteiger partial charge on any atom is -0.393 e. The van der Waals surface area contributed by atoms with E-state index >= 15 is 0 Å². The fourth-order valence-corrected chi connectivity index (χ4v) is 7.75. The minimum atomic E-state index is -0.0683. The number of allylic oxidation sites excluding steroid dienone is 1. The van der Waals surface area contributed by atoms with Gasteiger partial charge < -0.3 is 14.6 Å². The average Bonchev–Trinajstić information content (AvgIpc) is 2.98. The van der Waals surface area contributed by atoms with Crippen LogP contribution in [0.15, 0.2) is 11.6 Å². The third-order valence-corrected chi connectivity index (χ3v) is 9.49. The van der Waals surface area contributed by atoms with Crippen molar-refractivity contribution in [2.75, 3.05) is 6.61 Å². The van der Waals surface area contributed by atoms with Crippen molar-refractivity contribution in [2.24, 2.45) is 28.6 Å². The smallest absolute Gasteiger partial charge is 0.157 e. The van der Waals surface area contributed by atoms with Crippen LogP contribution in [0.25, 0.3) is 0 Å². The molecule has 1 saturated heterocycles. The van der Waals surface area contributed by atoms with Gasteiger partial charge in [-0.15, -0.1) is 0 Å². The third kappa shape index (κ3) is 2.95. The van der Waals surface area contributed by atoms with Crippen molar-refractivity contribution in [1.82, 2.24) is 0 Å². The molecule has 8 atom stereocenters. The molecule has 1 N–H and O–H groups in total. The second-order valence-electron chi connectivity index (χ2n) is 10.7. The van der Waals surface area contributed by atoms with E-state index in [1.807, 2.05) is 0 Å². The molecule has 0 amide bonds. The zero-order valence-electron chi connectivity index (χ0n) is 17.3. The summed E-state index contributed by atoms with van der Waals surface area (Å²) in [5.41, 5.74) is 2.23. The summed E-state index contributed by atoms with van der Waals surface area (Å²) in [4.78, 5) is 0. The summed E-state index contributed by atoms with van der Waals surface area (Å²) >= 11 is 0. The van der Waals surface area contributed by atoms with E-state index in [0.29, 0.717) is 11.5 Å².